The lowest BCUT2D eigenvalue weighted by Gasteiger charge is -2.23. The van der Waals surface area contributed by atoms with Crippen LogP contribution in [0.3, 0.4) is 0 Å². The molecule has 0 radical (unpaired) electrons. The number of amidine groups is 1. The summed E-state index contributed by atoms with van der Waals surface area (Å²) in [7, 11) is 0. The Morgan fingerprint density at radius 1 is 1.17 bits per heavy atom. The Balaban J connectivity index is 4.34. The SMILES string of the molecule is CCN(CC)C(C)=NC(C)(C)C. The van der Waals surface area contributed by atoms with Crippen LogP contribution in [0.25, 0.3) is 0 Å². The van der Waals surface area contributed by atoms with Gasteiger partial charge in [-0.05, 0) is 41.5 Å². The van der Waals surface area contributed by atoms with Crippen molar-refractivity contribution < 1.29 is 0 Å². The molecule has 0 aliphatic rings. The molecule has 72 valence electrons. The highest BCUT2D eigenvalue weighted by molar-refractivity contribution is 5.80. The van der Waals surface area contributed by atoms with Crippen LogP contribution >= 0.6 is 0 Å². The van der Waals surface area contributed by atoms with Crippen molar-refractivity contribution in [3.63, 3.8) is 0 Å². The number of hydrogen-bond acceptors (Lipinski definition) is 1. The summed E-state index contributed by atoms with van der Waals surface area (Å²) in [4.78, 5) is 6.86. The molecule has 0 N–H and O–H groups in total. The van der Waals surface area contributed by atoms with Crippen LogP contribution in [0, 0.1) is 0 Å². The molecule has 0 rings (SSSR count). The summed E-state index contributed by atoms with van der Waals surface area (Å²) in [5.74, 6) is 1.15. The van der Waals surface area contributed by atoms with Crippen LogP contribution in [-0.2, 0) is 0 Å². The number of aliphatic imine (C=N–C) groups is 1. The summed E-state index contributed by atoms with van der Waals surface area (Å²) in [5.41, 5.74) is 0.0483. The van der Waals surface area contributed by atoms with Crippen molar-refractivity contribution in [3.05, 3.63) is 0 Å². The van der Waals surface area contributed by atoms with Crippen molar-refractivity contribution in [2.45, 2.75) is 47.1 Å². The van der Waals surface area contributed by atoms with E-state index < -0.39 is 0 Å². The van der Waals surface area contributed by atoms with E-state index in [4.69, 9.17) is 0 Å². The van der Waals surface area contributed by atoms with E-state index in [0.717, 1.165) is 18.9 Å². The van der Waals surface area contributed by atoms with E-state index in [1.165, 1.54) is 0 Å². The molecule has 2 heteroatoms. The maximum absolute atomic E-state index is 4.59. The third-order valence-electron chi connectivity index (χ3n) is 1.72. The molecular formula is C10H22N2. The predicted octanol–water partition coefficient (Wildman–Crippen LogP) is 2.55. The second-order valence-corrected chi connectivity index (χ2v) is 4.00. The molecule has 0 fully saturated rings. The van der Waals surface area contributed by atoms with Gasteiger partial charge < -0.3 is 4.90 Å². The van der Waals surface area contributed by atoms with E-state index in [2.05, 4.69) is 51.4 Å². The zero-order valence-corrected chi connectivity index (χ0v) is 9.31. The number of hydrogen-bond donors (Lipinski definition) is 0. The second-order valence-electron chi connectivity index (χ2n) is 4.00. The Bertz CT molecular complexity index is 150. The average Bonchev–Trinajstić information content (AvgIpc) is 1.85. The lowest BCUT2D eigenvalue weighted by molar-refractivity contribution is 0.449. The molecule has 2 nitrogen and oxygen atoms in total. The van der Waals surface area contributed by atoms with Crippen LogP contribution in [0.15, 0.2) is 4.99 Å². The first-order valence-electron chi connectivity index (χ1n) is 4.72. The monoisotopic (exact) mass is 170 g/mol. The van der Waals surface area contributed by atoms with Crippen LogP contribution in [0.5, 0.6) is 0 Å². The van der Waals surface area contributed by atoms with Gasteiger partial charge in [0.15, 0.2) is 0 Å². The van der Waals surface area contributed by atoms with Crippen molar-refractivity contribution >= 4 is 5.84 Å². The molecule has 0 saturated carbocycles. The fourth-order valence-electron chi connectivity index (χ4n) is 1.24. The lowest BCUT2D eigenvalue weighted by Crippen LogP contribution is -2.30. The quantitative estimate of drug-likeness (QED) is 0.459. The molecule has 0 saturated heterocycles. The first-order chi connectivity index (χ1) is 5.40. The van der Waals surface area contributed by atoms with E-state index in [-0.39, 0.29) is 5.54 Å². The van der Waals surface area contributed by atoms with E-state index in [1.54, 1.807) is 0 Å². The largest absolute Gasteiger partial charge is 0.361 e. The molecular weight excluding hydrogens is 148 g/mol. The van der Waals surface area contributed by atoms with E-state index in [0.29, 0.717) is 0 Å². The molecule has 12 heavy (non-hydrogen) atoms. The molecule has 0 spiro atoms. The molecule has 0 aromatic carbocycles. The summed E-state index contributed by atoms with van der Waals surface area (Å²) in [5, 5.41) is 0. The highest BCUT2D eigenvalue weighted by Crippen LogP contribution is 2.07. The van der Waals surface area contributed by atoms with Gasteiger partial charge in [-0.1, -0.05) is 0 Å². The van der Waals surface area contributed by atoms with E-state index in [1.807, 2.05) is 0 Å². The van der Waals surface area contributed by atoms with Gasteiger partial charge in [-0.3, -0.25) is 4.99 Å². The Labute approximate surface area is 76.7 Å². The third-order valence-corrected chi connectivity index (χ3v) is 1.72. The fraction of sp³-hybridized carbons (Fsp3) is 0.900. The maximum Gasteiger partial charge on any atom is 0.0963 e. The lowest BCUT2D eigenvalue weighted by atomic mass is 10.1. The predicted molar refractivity (Wildman–Crippen MR) is 55.8 cm³/mol. The standard InChI is InChI=1S/C10H22N2/c1-7-12(8-2)9(3)11-10(4,5)6/h7-8H2,1-6H3. The average molecular weight is 170 g/mol. The molecule has 0 bridgehead atoms. The molecule has 0 heterocycles. The smallest absolute Gasteiger partial charge is 0.0963 e. The van der Waals surface area contributed by atoms with Gasteiger partial charge in [-0.25, -0.2) is 0 Å². The zero-order chi connectivity index (χ0) is 9.78. The fourth-order valence-corrected chi connectivity index (χ4v) is 1.24. The summed E-state index contributed by atoms with van der Waals surface area (Å²) in [6.45, 7) is 14.9. The molecule has 0 aromatic rings. The van der Waals surface area contributed by atoms with Gasteiger partial charge in [0.2, 0.25) is 0 Å². The zero-order valence-electron chi connectivity index (χ0n) is 9.31. The Morgan fingerprint density at radius 3 is 1.83 bits per heavy atom. The van der Waals surface area contributed by atoms with Crippen LogP contribution in [0.1, 0.15) is 41.5 Å². The number of nitrogens with zero attached hydrogens (tertiary/aromatic N) is 2. The van der Waals surface area contributed by atoms with Gasteiger partial charge >= 0.3 is 0 Å². The Hall–Kier alpha value is -0.530. The second kappa shape index (κ2) is 4.48. The van der Waals surface area contributed by atoms with Crippen molar-refractivity contribution in [1.82, 2.24) is 4.90 Å². The van der Waals surface area contributed by atoms with Gasteiger partial charge in [-0.2, -0.15) is 0 Å². The summed E-state index contributed by atoms with van der Waals surface area (Å²) in [6.07, 6.45) is 0. The number of rotatable bonds is 2. The Morgan fingerprint density at radius 2 is 1.58 bits per heavy atom. The molecule has 0 unspecified atom stereocenters. The summed E-state index contributed by atoms with van der Waals surface area (Å²) >= 11 is 0. The van der Waals surface area contributed by atoms with Crippen LogP contribution in [0.2, 0.25) is 0 Å². The Kier molecular flexibility index (Phi) is 4.29. The minimum atomic E-state index is 0.0483. The van der Waals surface area contributed by atoms with E-state index >= 15 is 0 Å². The normalized spacial score (nSPS) is 13.3. The first-order valence-corrected chi connectivity index (χ1v) is 4.72. The van der Waals surface area contributed by atoms with Crippen molar-refractivity contribution in [3.8, 4) is 0 Å². The summed E-state index contributed by atoms with van der Waals surface area (Å²) < 4.78 is 0. The molecule has 0 aliphatic carbocycles. The van der Waals surface area contributed by atoms with Gasteiger partial charge in [-0.15, -0.1) is 0 Å². The van der Waals surface area contributed by atoms with Crippen molar-refractivity contribution in [2.75, 3.05) is 13.1 Å². The summed E-state index contributed by atoms with van der Waals surface area (Å²) in [6, 6.07) is 0. The molecule has 0 aliphatic heterocycles. The van der Waals surface area contributed by atoms with Gasteiger partial charge in [0.05, 0.1) is 11.4 Å². The third kappa shape index (κ3) is 4.37. The van der Waals surface area contributed by atoms with Crippen LogP contribution < -0.4 is 0 Å². The van der Waals surface area contributed by atoms with E-state index in [9.17, 15) is 0 Å². The maximum atomic E-state index is 4.59. The highest BCUT2D eigenvalue weighted by Gasteiger charge is 2.09. The molecule has 0 amide bonds. The van der Waals surface area contributed by atoms with Crippen molar-refractivity contribution in [2.24, 2.45) is 4.99 Å². The first kappa shape index (κ1) is 11.5. The van der Waals surface area contributed by atoms with Crippen LogP contribution in [-0.4, -0.2) is 29.4 Å². The highest BCUT2D eigenvalue weighted by atomic mass is 15.2. The van der Waals surface area contributed by atoms with Crippen molar-refractivity contribution in [1.29, 1.82) is 0 Å². The topological polar surface area (TPSA) is 15.6 Å². The molecule has 0 aromatic heterocycles. The van der Waals surface area contributed by atoms with Gasteiger partial charge in [0.25, 0.3) is 0 Å². The minimum Gasteiger partial charge on any atom is -0.361 e. The van der Waals surface area contributed by atoms with Gasteiger partial charge in [0, 0.05) is 13.1 Å². The van der Waals surface area contributed by atoms with Crippen LogP contribution in [0.4, 0.5) is 0 Å². The van der Waals surface area contributed by atoms with Gasteiger partial charge in [0.1, 0.15) is 0 Å². The minimum absolute atomic E-state index is 0.0483. The molecule has 0 atom stereocenters.